The largest absolute Gasteiger partial charge is 0.508 e. The van der Waals surface area contributed by atoms with Crippen molar-refractivity contribution in [1.82, 2.24) is 0 Å². The van der Waals surface area contributed by atoms with Crippen LogP contribution in [0.3, 0.4) is 0 Å². The van der Waals surface area contributed by atoms with Crippen molar-refractivity contribution in [2.45, 2.75) is 38.6 Å². The van der Waals surface area contributed by atoms with Crippen molar-refractivity contribution in [1.29, 1.82) is 0 Å². The average Bonchev–Trinajstić information content (AvgIpc) is 3.07. The van der Waals surface area contributed by atoms with Crippen molar-refractivity contribution in [2.24, 2.45) is 0 Å². The third kappa shape index (κ3) is 4.19. The number of nitrogens with one attached hydrogen (secondary N) is 1. The molecule has 1 atom stereocenters. The number of aromatic hydroxyl groups is 1. The van der Waals surface area contributed by atoms with Crippen molar-refractivity contribution in [3.8, 4) is 5.75 Å². The minimum absolute atomic E-state index is 0.0746. The highest BCUT2D eigenvalue weighted by Gasteiger charge is 2.46. The van der Waals surface area contributed by atoms with E-state index in [0.29, 0.717) is 5.69 Å². The number of hydrogen-bond acceptors (Lipinski definition) is 4. The van der Waals surface area contributed by atoms with Crippen LogP contribution < -0.4 is 14.7 Å². The predicted octanol–water partition coefficient (Wildman–Crippen LogP) is 1.77. The highest BCUT2D eigenvalue weighted by molar-refractivity contribution is 6.21. The van der Waals surface area contributed by atoms with Gasteiger partial charge >= 0.3 is 0 Å². The molecule has 0 spiro atoms. The Labute approximate surface area is 177 Å². The molecule has 2 fully saturated rings. The molecule has 2 aromatic carbocycles. The van der Waals surface area contributed by atoms with E-state index >= 15 is 0 Å². The first-order valence-corrected chi connectivity index (χ1v) is 10.9. The third-order valence-electron chi connectivity index (χ3n) is 6.27. The van der Waals surface area contributed by atoms with Crippen LogP contribution in [0.5, 0.6) is 5.75 Å². The standard InChI is InChI=1S/C24H29N3O3/c1-2-3-4-18-5-7-20(8-6-18)27-23(29)17-22(24(27)30)26-15-13-25(14-16-26)19-9-11-21(28)12-10-19/h5-12,22,28H,2-4,13-17H2,1H3/p+1/t22-/m1/s1. The van der Waals surface area contributed by atoms with E-state index in [2.05, 4.69) is 11.8 Å². The number of quaternary nitrogens is 1. The molecule has 0 aromatic heterocycles. The third-order valence-corrected chi connectivity index (χ3v) is 6.27. The number of benzene rings is 2. The Balaban J connectivity index is 1.39. The Morgan fingerprint density at radius 2 is 1.60 bits per heavy atom. The Kier molecular flexibility index (Phi) is 6.04. The maximum Gasteiger partial charge on any atom is 0.292 e. The van der Waals surface area contributed by atoms with Crippen molar-refractivity contribution in [3.05, 3.63) is 54.1 Å². The van der Waals surface area contributed by atoms with Crippen molar-refractivity contribution >= 4 is 23.2 Å². The predicted molar refractivity (Wildman–Crippen MR) is 117 cm³/mol. The number of amides is 2. The summed E-state index contributed by atoms with van der Waals surface area (Å²) >= 11 is 0. The van der Waals surface area contributed by atoms with Gasteiger partial charge in [0.15, 0.2) is 6.04 Å². The van der Waals surface area contributed by atoms with Gasteiger partial charge in [-0.1, -0.05) is 25.5 Å². The summed E-state index contributed by atoms with van der Waals surface area (Å²) < 4.78 is 0. The van der Waals surface area contributed by atoms with E-state index in [1.54, 1.807) is 12.1 Å². The van der Waals surface area contributed by atoms with Crippen LogP contribution in [0.4, 0.5) is 11.4 Å². The summed E-state index contributed by atoms with van der Waals surface area (Å²) in [7, 11) is 0. The second-order valence-electron chi connectivity index (χ2n) is 8.26. The van der Waals surface area contributed by atoms with Gasteiger partial charge in [-0.15, -0.1) is 0 Å². The van der Waals surface area contributed by atoms with Crippen LogP contribution >= 0.6 is 0 Å². The molecule has 0 unspecified atom stereocenters. The normalized spacial score (nSPS) is 20.2. The molecule has 2 aliphatic rings. The summed E-state index contributed by atoms with van der Waals surface area (Å²) in [4.78, 5) is 30.6. The lowest BCUT2D eigenvalue weighted by molar-refractivity contribution is -0.915. The maximum atomic E-state index is 13.1. The molecule has 0 aliphatic carbocycles. The Bertz CT molecular complexity index is 887. The van der Waals surface area contributed by atoms with Crippen LogP contribution in [-0.4, -0.2) is 49.1 Å². The molecule has 2 aliphatic heterocycles. The summed E-state index contributed by atoms with van der Waals surface area (Å²) in [5.41, 5.74) is 3.01. The van der Waals surface area contributed by atoms with Crippen LogP contribution in [0, 0.1) is 0 Å². The lowest BCUT2D eigenvalue weighted by Crippen LogP contribution is -3.19. The SMILES string of the molecule is CCCCc1ccc(N2C(=O)C[C@@H]([NH+]3CCN(c4ccc(O)cc4)CC3)C2=O)cc1. The molecule has 6 heteroatoms. The van der Waals surface area contributed by atoms with Gasteiger partial charge in [-0.3, -0.25) is 9.59 Å². The lowest BCUT2D eigenvalue weighted by Gasteiger charge is -2.35. The first-order chi connectivity index (χ1) is 14.6. The van der Waals surface area contributed by atoms with Crippen molar-refractivity contribution in [3.63, 3.8) is 0 Å². The molecule has 2 N–H and O–H groups in total. The van der Waals surface area contributed by atoms with Crippen molar-refractivity contribution < 1.29 is 19.6 Å². The number of imide groups is 1. The number of aryl methyl sites for hydroxylation is 1. The van der Waals surface area contributed by atoms with E-state index in [1.807, 2.05) is 36.4 Å². The summed E-state index contributed by atoms with van der Waals surface area (Å²) in [5, 5.41) is 9.47. The van der Waals surface area contributed by atoms with Gasteiger partial charge in [-0.2, -0.15) is 0 Å². The molecule has 158 valence electrons. The average molecular weight is 409 g/mol. The molecular formula is C24H30N3O3+. The molecule has 2 heterocycles. The molecule has 30 heavy (non-hydrogen) atoms. The van der Waals surface area contributed by atoms with Crippen LogP contribution in [0.1, 0.15) is 31.7 Å². The van der Waals surface area contributed by atoms with Gasteiger partial charge in [0.25, 0.3) is 5.91 Å². The van der Waals surface area contributed by atoms with Gasteiger partial charge in [0.05, 0.1) is 38.3 Å². The number of carbonyl (C=O) groups excluding carboxylic acids is 2. The minimum atomic E-state index is -0.292. The van der Waals surface area contributed by atoms with Gasteiger partial charge in [0.2, 0.25) is 5.91 Å². The Morgan fingerprint density at radius 3 is 2.23 bits per heavy atom. The van der Waals surface area contributed by atoms with E-state index in [0.717, 1.165) is 51.1 Å². The van der Waals surface area contributed by atoms with E-state index in [4.69, 9.17) is 0 Å². The number of anilines is 2. The zero-order valence-electron chi connectivity index (χ0n) is 17.5. The van der Waals surface area contributed by atoms with E-state index in [-0.39, 0.29) is 30.0 Å². The monoisotopic (exact) mass is 408 g/mol. The summed E-state index contributed by atoms with van der Waals surface area (Å²) in [6, 6.07) is 14.8. The zero-order chi connectivity index (χ0) is 21.1. The van der Waals surface area contributed by atoms with Crippen LogP contribution in [0.2, 0.25) is 0 Å². The summed E-state index contributed by atoms with van der Waals surface area (Å²) in [5.74, 6) is 0.0886. The van der Waals surface area contributed by atoms with Gasteiger partial charge in [-0.25, -0.2) is 4.90 Å². The van der Waals surface area contributed by atoms with E-state index in [9.17, 15) is 14.7 Å². The topological polar surface area (TPSA) is 65.3 Å². The fraction of sp³-hybridized carbons (Fsp3) is 0.417. The van der Waals surface area contributed by atoms with Gasteiger partial charge in [0, 0.05) is 5.69 Å². The second kappa shape index (κ2) is 8.88. The van der Waals surface area contributed by atoms with Gasteiger partial charge in [0.1, 0.15) is 5.75 Å². The Morgan fingerprint density at radius 1 is 0.967 bits per heavy atom. The molecule has 2 aromatic rings. The quantitative estimate of drug-likeness (QED) is 0.715. The number of piperazine rings is 1. The van der Waals surface area contributed by atoms with Gasteiger partial charge in [-0.05, 0) is 54.8 Å². The van der Waals surface area contributed by atoms with Crippen LogP contribution in [0.25, 0.3) is 0 Å². The fourth-order valence-corrected chi connectivity index (χ4v) is 4.48. The number of unbranched alkanes of at least 4 members (excludes halogenated alkanes) is 1. The first-order valence-electron chi connectivity index (χ1n) is 10.9. The summed E-state index contributed by atoms with van der Waals surface area (Å²) in [6.45, 7) is 5.44. The number of phenols is 1. The molecule has 0 bridgehead atoms. The number of rotatable bonds is 6. The molecule has 0 radical (unpaired) electrons. The molecule has 6 nitrogen and oxygen atoms in total. The zero-order valence-corrected chi connectivity index (χ0v) is 17.5. The lowest BCUT2D eigenvalue weighted by atomic mass is 10.1. The van der Waals surface area contributed by atoms with E-state index < -0.39 is 0 Å². The molecule has 0 saturated carbocycles. The Hall–Kier alpha value is -2.86. The first kappa shape index (κ1) is 20.4. The highest BCUT2D eigenvalue weighted by atomic mass is 16.3. The highest BCUT2D eigenvalue weighted by Crippen LogP contribution is 2.23. The fourth-order valence-electron chi connectivity index (χ4n) is 4.48. The second-order valence-corrected chi connectivity index (χ2v) is 8.26. The summed E-state index contributed by atoms with van der Waals surface area (Å²) in [6.07, 6.45) is 3.60. The smallest absolute Gasteiger partial charge is 0.292 e. The molecular weight excluding hydrogens is 378 g/mol. The minimum Gasteiger partial charge on any atom is -0.508 e. The molecule has 4 rings (SSSR count). The molecule has 2 saturated heterocycles. The van der Waals surface area contributed by atoms with Crippen molar-refractivity contribution in [2.75, 3.05) is 36.0 Å². The number of hydrogen-bond donors (Lipinski definition) is 2. The number of carbonyl (C=O) groups is 2. The molecule has 2 amide bonds. The van der Waals surface area contributed by atoms with Crippen LogP contribution in [0.15, 0.2) is 48.5 Å². The number of nitrogens with zero attached hydrogens (tertiary/aromatic N) is 2. The van der Waals surface area contributed by atoms with Crippen LogP contribution in [-0.2, 0) is 16.0 Å². The van der Waals surface area contributed by atoms with Gasteiger partial charge < -0.3 is 14.9 Å². The maximum absolute atomic E-state index is 13.1. The number of phenolic OH excluding ortho intramolecular Hbond substituents is 1. The van der Waals surface area contributed by atoms with E-state index in [1.165, 1.54) is 15.4 Å².